The molecule has 3 atom stereocenters. The predicted molar refractivity (Wildman–Crippen MR) is 86.6 cm³/mol. The van der Waals surface area contributed by atoms with Crippen LogP contribution in [0.25, 0.3) is 0 Å². The van der Waals surface area contributed by atoms with Crippen molar-refractivity contribution < 1.29 is 23.7 Å². The molecular weight excluding hydrogens is 310 g/mol. The van der Waals surface area contributed by atoms with Gasteiger partial charge >= 0.3 is 0 Å². The van der Waals surface area contributed by atoms with Gasteiger partial charge in [-0.05, 0) is 31.0 Å². The summed E-state index contributed by atoms with van der Waals surface area (Å²) in [5, 5.41) is 0. The molecule has 130 valence electrons. The molecule has 0 N–H and O–H groups in total. The maximum Gasteiger partial charge on any atom is 0.254 e. The number of benzene rings is 1. The van der Waals surface area contributed by atoms with Crippen LogP contribution in [0.2, 0.25) is 0 Å². The van der Waals surface area contributed by atoms with Gasteiger partial charge in [-0.25, -0.2) is 0 Å². The molecule has 0 unspecified atom stereocenters. The molecule has 24 heavy (non-hydrogen) atoms. The van der Waals surface area contributed by atoms with E-state index in [9.17, 15) is 4.79 Å². The number of fused-ring (bicyclic) bond motifs is 3. The number of hydrogen-bond acceptors (Lipinski definition) is 5. The van der Waals surface area contributed by atoms with E-state index in [0.29, 0.717) is 43.4 Å². The van der Waals surface area contributed by atoms with E-state index < -0.39 is 0 Å². The fourth-order valence-electron chi connectivity index (χ4n) is 3.91. The summed E-state index contributed by atoms with van der Waals surface area (Å²) in [7, 11) is 1.70. The molecule has 2 fully saturated rings. The normalized spacial score (nSPS) is 29.0. The molecule has 0 radical (unpaired) electrons. The molecule has 2 heterocycles. The van der Waals surface area contributed by atoms with Crippen molar-refractivity contribution in [3.05, 3.63) is 23.8 Å². The molecule has 6 heteroatoms. The molecule has 1 aromatic carbocycles. The highest BCUT2D eigenvalue weighted by Gasteiger charge is 2.44. The zero-order valence-corrected chi connectivity index (χ0v) is 13.9. The van der Waals surface area contributed by atoms with Crippen LogP contribution in [0.5, 0.6) is 11.5 Å². The Hall–Kier alpha value is -1.79. The summed E-state index contributed by atoms with van der Waals surface area (Å²) in [6.07, 6.45) is 2.76. The standard InChI is InChI=1S/C18H23NO5/c1-21-17-13-4-6-15(17)24-10-7-19(13)18(20)12-3-5-14-16(11-12)23-9-2-8-22-14/h3,5,11,13,15,17H,2,4,6-10H2,1H3/t13-,15-,17+/m1/s1. The van der Waals surface area contributed by atoms with Crippen LogP contribution in [-0.2, 0) is 9.47 Å². The van der Waals surface area contributed by atoms with Crippen molar-refractivity contribution in [2.45, 2.75) is 37.5 Å². The summed E-state index contributed by atoms with van der Waals surface area (Å²) in [5.74, 6) is 1.36. The van der Waals surface area contributed by atoms with E-state index in [0.717, 1.165) is 19.3 Å². The fraction of sp³-hybridized carbons (Fsp3) is 0.611. The van der Waals surface area contributed by atoms with Gasteiger partial charge < -0.3 is 23.8 Å². The summed E-state index contributed by atoms with van der Waals surface area (Å²) in [5.41, 5.74) is 0.624. The van der Waals surface area contributed by atoms with Gasteiger partial charge in [-0.3, -0.25) is 4.79 Å². The van der Waals surface area contributed by atoms with Crippen molar-refractivity contribution in [3.63, 3.8) is 0 Å². The summed E-state index contributed by atoms with van der Waals surface area (Å²) in [6.45, 7) is 2.40. The van der Waals surface area contributed by atoms with Crippen LogP contribution in [0.15, 0.2) is 18.2 Å². The minimum absolute atomic E-state index is 0.00356. The Morgan fingerprint density at radius 2 is 2.00 bits per heavy atom. The van der Waals surface area contributed by atoms with E-state index in [-0.39, 0.29) is 24.2 Å². The number of carbonyl (C=O) groups excluding carboxylic acids is 1. The van der Waals surface area contributed by atoms with Crippen molar-refractivity contribution >= 4 is 5.91 Å². The quantitative estimate of drug-likeness (QED) is 0.827. The Kier molecular flexibility index (Phi) is 4.33. The molecule has 0 spiro atoms. The average Bonchev–Trinajstić information content (AvgIpc) is 2.75. The second-order valence-electron chi connectivity index (χ2n) is 6.46. The zero-order valence-electron chi connectivity index (χ0n) is 13.9. The highest BCUT2D eigenvalue weighted by molar-refractivity contribution is 5.95. The Bertz CT molecular complexity index is 619. The van der Waals surface area contributed by atoms with Crippen LogP contribution < -0.4 is 9.47 Å². The Balaban J connectivity index is 1.59. The van der Waals surface area contributed by atoms with Crippen LogP contribution in [0.4, 0.5) is 0 Å². The van der Waals surface area contributed by atoms with Gasteiger partial charge in [0.25, 0.3) is 5.91 Å². The van der Waals surface area contributed by atoms with Gasteiger partial charge in [-0.2, -0.15) is 0 Å². The number of methoxy groups -OCH3 is 1. The summed E-state index contributed by atoms with van der Waals surface area (Å²) >= 11 is 0. The molecule has 1 saturated carbocycles. The van der Waals surface area contributed by atoms with Gasteiger partial charge in [0.05, 0.1) is 32.0 Å². The molecule has 1 aliphatic carbocycles. The van der Waals surface area contributed by atoms with Crippen LogP contribution >= 0.6 is 0 Å². The Morgan fingerprint density at radius 1 is 1.17 bits per heavy atom. The van der Waals surface area contributed by atoms with E-state index in [4.69, 9.17) is 18.9 Å². The fourth-order valence-corrected chi connectivity index (χ4v) is 3.91. The zero-order chi connectivity index (χ0) is 16.5. The van der Waals surface area contributed by atoms with Crippen LogP contribution in [0, 0.1) is 0 Å². The first-order chi connectivity index (χ1) is 11.8. The lowest BCUT2D eigenvalue weighted by atomic mass is 10.1. The summed E-state index contributed by atoms with van der Waals surface area (Å²) in [4.78, 5) is 15.0. The topological polar surface area (TPSA) is 57.2 Å². The lowest BCUT2D eigenvalue weighted by Gasteiger charge is -2.30. The lowest BCUT2D eigenvalue weighted by Crippen LogP contribution is -2.46. The number of rotatable bonds is 2. The third-order valence-corrected chi connectivity index (χ3v) is 5.08. The highest BCUT2D eigenvalue weighted by Crippen LogP contribution is 2.34. The molecule has 1 aromatic rings. The molecule has 2 aliphatic heterocycles. The predicted octanol–water partition coefficient (Wildman–Crippen LogP) is 1.87. The SMILES string of the molecule is CO[C@H]1[C@H]2CC[C@H]1OCCN2C(=O)c1ccc2c(c1)OCCCO2. The van der Waals surface area contributed by atoms with Crippen molar-refractivity contribution in [2.75, 3.05) is 33.5 Å². The van der Waals surface area contributed by atoms with Gasteiger partial charge in [-0.1, -0.05) is 0 Å². The third-order valence-electron chi connectivity index (χ3n) is 5.08. The van der Waals surface area contributed by atoms with Gasteiger partial charge in [0.1, 0.15) is 6.10 Å². The largest absolute Gasteiger partial charge is 0.490 e. The molecular formula is C18H23NO5. The first-order valence-corrected chi connectivity index (χ1v) is 8.63. The molecule has 3 aliphatic rings. The summed E-state index contributed by atoms with van der Waals surface area (Å²) in [6, 6.07) is 5.51. The maximum atomic E-state index is 13.1. The first kappa shape index (κ1) is 15.7. The van der Waals surface area contributed by atoms with Crippen molar-refractivity contribution in [1.29, 1.82) is 0 Å². The van der Waals surface area contributed by atoms with Crippen molar-refractivity contribution in [2.24, 2.45) is 0 Å². The number of hydrogen-bond donors (Lipinski definition) is 0. The van der Waals surface area contributed by atoms with E-state index in [1.165, 1.54) is 0 Å². The van der Waals surface area contributed by atoms with Gasteiger partial charge in [0, 0.05) is 25.6 Å². The van der Waals surface area contributed by atoms with Crippen LogP contribution in [0.3, 0.4) is 0 Å². The minimum atomic E-state index is -0.0446. The van der Waals surface area contributed by atoms with E-state index in [1.807, 2.05) is 17.0 Å². The van der Waals surface area contributed by atoms with E-state index >= 15 is 0 Å². The molecule has 2 bridgehead atoms. The third kappa shape index (κ3) is 2.74. The minimum Gasteiger partial charge on any atom is -0.490 e. The van der Waals surface area contributed by atoms with Crippen molar-refractivity contribution in [1.82, 2.24) is 4.90 Å². The van der Waals surface area contributed by atoms with Crippen LogP contribution in [0.1, 0.15) is 29.6 Å². The second-order valence-corrected chi connectivity index (χ2v) is 6.46. The first-order valence-electron chi connectivity index (χ1n) is 8.63. The Morgan fingerprint density at radius 3 is 2.83 bits per heavy atom. The highest BCUT2D eigenvalue weighted by atomic mass is 16.5. The van der Waals surface area contributed by atoms with Gasteiger partial charge in [0.15, 0.2) is 11.5 Å². The molecule has 4 rings (SSSR count). The van der Waals surface area contributed by atoms with Gasteiger partial charge in [-0.15, -0.1) is 0 Å². The maximum absolute atomic E-state index is 13.1. The monoisotopic (exact) mass is 333 g/mol. The average molecular weight is 333 g/mol. The molecule has 0 aromatic heterocycles. The number of carbonyl (C=O) groups is 1. The molecule has 1 saturated heterocycles. The van der Waals surface area contributed by atoms with Gasteiger partial charge in [0.2, 0.25) is 0 Å². The van der Waals surface area contributed by atoms with Crippen molar-refractivity contribution in [3.8, 4) is 11.5 Å². The van der Waals surface area contributed by atoms with E-state index in [1.54, 1.807) is 13.2 Å². The number of nitrogens with zero attached hydrogens (tertiary/aromatic N) is 1. The van der Waals surface area contributed by atoms with E-state index in [2.05, 4.69) is 0 Å². The molecule has 6 nitrogen and oxygen atoms in total. The summed E-state index contributed by atoms with van der Waals surface area (Å²) < 4.78 is 22.8. The van der Waals surface area contributed by atoms with Crippen LogP contribution in [-0.4, -0.2) is 62.5 Å². The second kappa shape index (κ2) is 6.61. The Labute approximate surface area is 141 Å². The number of ether oxygens (including phenoxy) is 4. The lowest BCUT2D eigenvalue weighted by molar-refractivity contribution is -0.0316. The smallest absolute Gasteiger partial charge is 0.254 e. The molecule has 1 amide bonds. The number of amides is 1.